The van der Waals surface area contributed by atoms with Gasteiger partial charge in [0.05, 0.1) is 5.70 Å². The van der Waals surface area contributed by atoms with E-state index >= 15 is 0 Å². The van der Waals surface area contributed by atoms with Crippen LogP contribution in [0.2, 0.25) is 0 Å². The number of rotatable bonds is 6. The van der Waals surface area contributed by atoms with Gasteiger partial charge in [0.25, 0.3) is 0 Å². The summed E-state index contributed by atoms with van der Waals surface area (Å²) in [5, 5.41) is 14.2. The first-order valence-corrected chi connectivity index (χ1v) is 9.58. The molecule has 0 bridgehead atoms. The van der Waals surface area contributed by atoms with Crippen LogP contribution >= 0.6 is 0 Å². The third-order valence-electron chi connectivity index (χ3n) is 4.97. The second-order valence-corrected chi connectivity index (χ2v) is 6.79. The van der Waals surface area contributed by atoms with Crippen LogP contribution in [0.1, 0.15) is 42.0 Å². The molecule has 2 aromatic carbocycles. The fourth-order valence-electron chi connectivity index (χ4n) is 3.38. The molecule has 0 amide bonds. The molecule has 0 spiro atoms. The van der Waals surface area contributed by atoms with E-state index in [0.29, 0.717) is 0 Å². The third kappa shape index (κ3) is 4.27. The van der Waals surface area contributed by atoms with Crippen molar-refractivity contribution in [3.05, 3.63) is 83.1 Å². The van der Waals surface area contributed by atoms with Gasteiger partial charge in [-0.05, 0) is 43.0 Å². The molecular weight excluding hydrogens is 332 g/mol. The highest BCUT2D eigenvalue weighted by atomic mass is 15.5. The molecule has 27 heavy (non-hydrogen) atoms. The van der Waals surface area contributed by atoms with E-state index in [4.69, 9.17) is 0 Å². The molecule has 1 unspecified atom stereocenters. The Morgan fingerprint density at radius 1 is 1.15 bits per heavy atom. The van der Waals surface area contributed by atoms with Crippen molar-refractivity contribution in [1.82, 2.24) is 10.3 Å². The van der Waals surface area contributed by atoms with E-state index in [1.165, 1.54) is 16.7 Å². The Hall–Kier alpha value is -2.88. The summed E-state index contributed by atoms with van der Waals surface area (Å²) in [6.45, 7) is 10.2. The van der Waals surface area contributed by atoms with Gasteiger partial charge in [0.15, 0.2) is 0 Å². The van der Waals surface area contributed by atoms with Crippen LogP contribution in [0.15, 0.2) is 71.1 Å². The Kier molecular flexibility index (Phi) is 6.07. The van der Waals surface area contributed by atoms with Gasteiger partial charge in [0, 0.05) is 37.3 Å². The van der Waals surface area contributed by atoms with Gasteiger partial charge in [-0.2, -0.15) is 0 Å². The van der Waals surface area contributed by atoms with Crippen molar-refractivity contribution < 1.29 is 0 Å². The van der Waals surface area contributed by atoms with Gasteiger partial charge >= 0.3 is 0 Å². The molecule has 1 atom stereocenters. The maximum absolute atomic E-state index is 4.60. The number of likely N-dealkylation sites (N-methyl/N-ethyl adjacent to an activating group) is 1. The standard InChI is InChI=1S/C23H28N4/c1-5-24-17(3)22-15-18-11-7-8-12-19(18)16-23(25-26-27(4)6-2)21-14-10-9-13-20(21)22/h7-14,16,22,24H,3,5-6,15H2,1-2,4H3/b23-16+,26-25?. The van der Waals surface area contributed by atoms with Crippen molar-refractivity contribution in [3.63, 3.8) is 0 Å². The van der Waals surface area contributed by atoms with E-state index in [0.717, 1.165) is 36.5 Å². The van der Waals surface area contributed by atoms with Crippen molar-refractivity contribution in [1.29, 1.82) is 0 Å². The molecule has 2 aromatic rings. The summed E-state index contributed by atoms with van der Waals surface area (Å²) in [6.07, 6.45) is 3.06. The molecule has 1 aliphatic carbocycles. The van der Waals surface area contributed by atoms with Crippen molar-refractivity contribution in [2.24, 2.45) is 10.3 Å². The zero-order valence-corrected chi connectivity index (χ0v) is 16.4. The molecule has 0 heterocycles. The molecule has 4 nitrogen and oxygen atoms in total. The van der Waals surface area contributed by atoms with Crippen LogP contribution in [-0.4, -0.2) is 25.1 Å². The summed E-state index contributed by atoms with van der Waals surface area (Å²) < 4.78 is 0. The Bertz CT molecular complexity index is 866. The van der Waals surface area contributed by atoms with Gasteiger partial charge in [-0.15, -0.1) is 5.11 Å². The van der Waals surface area contributed by atoms with E-state index in [-0.39, 0.29) is 5.92 Å². The summed E-state index contributed by atoms with van der Waals surface area (Å²) in [6, 6.07) is 17.0. The number of fused-ring (bicyclic) bond motifs is 2. The van der Waals surface area contributed by atoms with Crippen molar-refractivity contribution >= 4 is 11.8 Å². The van der Waals surface area contributed by atoms with Gasteiger partial charge in [0.2, 0.25) is 0 Å². The topological polar surface area (TPSA) is 40.0 Å². The molecule has 0 aromatic heterocycles. The second kappa shape index (κ2) is 8.67. The Morgan fingerprint density at radius 2 is 1.89 bits per heavy atom. The van der Waals surface area contributed by atoms with E-state index in [2.05, 4.69) is 90.7 Å². The lowest BCUT2D eigenvalue weighted by Gasteiger charge is -2.26. The maximum Gasteiger partial charge on any atom is 0.0955 e. The molecule has 1 N–H and O–H groups in total. The molecule has 0 saturated heterocycles. The number of nitrogens with one attached hydrogen (secondary N) is 1. The minimum Gasteiger partial charge on any atom is -0.389 e. The minimum absolute atomic E-state index is 0.185. The van der Waals surface area contributed by atoms with Gasteiger partial charge in [-0.25, -0.2) is 0 Å². The predicted octanol–water partition coefficient (Wildman–Crippen LogP) is 5.27. The predicted molar refractivity (Wildman–Crippen MR) is 113 cm³/mol. The first-order valence-electron chi connectivity index (χ1n) is 9.58. The first-order chi connectivity index (χ1) is 13.1. The summed E-state index contributed by atoms with van der Waals surface area (Å²) in [5.41, 5.74) is 6.77. The minimum atomic E-state index is 0.185. The fraction of sp³-hybridized carbons (Fsp3) is 0.304. The van der Waals surface area contributed by atoms with Gasteiger partial charge in [-0.3, -0.25) is 5.01 Å². The molecule has 0 aliphatic heterocycles. The number of nitrogens with zero attached hydrogens (tertiary/aromatic N) is 3. The van der Waals surface area contributed by atoms with Crippen LogP contribution < -0.4 is 5.32 Å². The lowest BCUT2D eigenvalue weighted by molar-refractivity contribution is 0.351. The van der Waals surface area contributed by atoms with Crippen LogP contribution in [-0.2, 0) is 6.42 Å². The second-order valence-electron chi connectivity index (χ2n) is 6.79. The van der Waals surface area contributed by atoms with Crippen molar-refractivity contribution in [2.45, 2.75) is 26.2 Å². The number of allylic oxidation sites excluding steroid dienone is 1. The molecule has 0 saturated carbocycles. The molecule has 3 rings (SSSR count). The van der Waals surface area contributed by atoms with Gasteiger partial charge in [-0.1, -0.05) is 60.3 Å². The lowest BCUT2D eigenvalue weighted by atomic mass is 9.82. The van der Waals surface area contributed by atoms with Crippen molar-refractivity contribution in [2.75, 3.05) is 20.1 Å². The van der Waals surface area contributed by atoms with E-state index in [1.807, 2.05) is 12.1 Å². The highest BCUT2D eigenvalue weighted by Crippen LogP contribution is 2.37. The van der Waals surface area contributed by atoms with E-state index in [9.17, 15) is 0 Å². The Morgan fingerprint density at radius 3 is 2.67 bits per heavy atom. The molecule has 0 radical (unpaired) electrons. The zero-order chi connectivity index (χ0) is 19.2. The average molecular weight is 361 g/mol. The first kappa shape index (κ1) is 18.9. The quantitative estimate of drug-likeness (QED) is 0.563. The summed E-state index contributed by atoms with van der Waals surface area (Å²) in [5.74, 6) is 0.185. The highest BCUT2D eigenvalue weighted by molar-refractivity contribution is 5.84. The molecule has 4 heteroatoms. The van der Waals surface area contributed by atoms with Crippen molar-refractivity contribution in [3.8, 4) is 0 Å². The molecule has 0 fully saturated rings. The van der Waals surface area contributed by atoms with Crippen LogP contribution in [0.4, 0.5) is 0 Å². The Balaban J connectivity index is 2.18. The monoisotopic (exact) mass is 360 g/mol. The van der Waals surface area contributed by atoms with Gasteiger partial charge < -0.3 is 5.32 Å². The highest BCUT2D eigenvalue weighted by Gasteiger charge is 2.23. The normalized spacial score (nSPS) is 17.9. The molecular formula is C23H28N4. The third-order valence-corrected chi connectivity index (χ3v) is 4.97. The number of benzene rings is 2. The summed E-state index contributed by atoms with van der Waals surface area (Å²) >= 11 is 0. The van der Waals surface area contributed by atoms with E-state index < -0.39 is 0 Å². The smallest absolute Gasteiger partial charge is 0.0955 e. The molecule has 1 aliphatic rings. The largest absolute Gasteiger partial charge is 0.389 e. The average Bonchev–Trinajstić information content (AvgIpc) is 2.68. The Labute approximate surface area is 162 Å². The van der Waals surface area contributed by atoms with Crippen LogP contribution in [0.5, 0.6) is 0 Å². The van der Waals surface area contributed by atoms with E-state index in [1.54, 1.807) is 0 Å². The maximum atomic E-state index is 4.60. The summed E-state index contributed by atoms with van der Waals surface area (Å²) in [7, 11) is 1.93. The van der Waals surface area contributed by atoms with Gasteiger partial charge in [0.1, 0.15) is 0 Å². The number of hydrogen-bond donors (Lipinski definition) is 1. The lowest BCUT2D eigenvalue weighted by Crippen LogP contribution is -2.21. The molecule has 140 valence electrons. The zero-order valence-electron chi connectivity index (χ0n) is 16.4. The summed E-state index contributed by atoms with van der Waals surface area (Å²) in [4.78, 5) is 0. The number of hydrogen-bond acceptors (Lipinski definition) is 3. The van der Waals surface area contributed by atoms with Crippen LogP contribution in [0.3, 0.4) is 0 Å². The SMILES string of the molecule is C=C(NCC)C1Cc2ccccc2/C=C(/N=NN(C)CC)c2ccccc21. The van der Waals surface area contributed by atoms with Crippen LogP contribution in [0.25, 0.3) is 11.8 Å². The van der Waals surface area contributed by atoms with Crippen LogP contribution in [0, 0.1) is 0 Å². The fourth-order valence-corrected chi connectivity index (χ4v) is 3.38.